The molecule has 0 saturated heterocycles. The lowest BCUT2D eigenvalue weighted by atomic mass is 9.46. The summed E-state index contributed by atoms with van der Waals surface area (Å²) < 4.78 is 13.1. The Balaban J connectivity index is 1.54. The van der Waals surface area contributed by atoms with Crippen LogP contribution < -0.4 is 0 Å². The van der Waals surface area contributed by atoms with Gasteiger partial charge in [0.15, 0.2) is 0 Å². The fourth-order valence-corrected chi connectivity index (χ4v) is 9.26. The Morgan fingerprint density at radius 3 is 2.21 bits per heavy atom. The van der Waals surface area contributed by atoms with Gasteiger partial charge in [-0.2, -0.15) is 0 Å². The third-order valence-electron chi connectivity index (χ3n) is 8.60. The van der Waals surface area contributed by atoms with Crippen LogP contribution in [0.5, 0.6) is 0 Å². The van der Waals surface area contributed by atoms with Gasteiger partial charge >= 0.3 is 0 Å². The molecule has 4 rings (SSSR count). The molecular formula is C25H44O2Si2. The highest BCUT2D eigenvalue weighted by Gasteiger charge is 2.58. The standard InChI is InChI=1S/C25H44O2Si2/c1-24-15-13-19(26-28(3,4)5)17-18(24)9-10-20-21-11-12-23(27-29(6,7)8)25(21,2)16-14-22(20)24/h12,17-18,20-22H,9-11,13-16H2,1-8H3/t18-,20?,21?,22?,24+,25+/m1/s1. The highest BCUT2D eigenvalue weighted by molar-refractivity contribution is 6.70. The second-order valence-electron chi connectivity index (χ2n) is 12.9. The Hall–Kier alpha value is -0.486. The molecule has 2 saturated carbocycles. The number of allylic oxidation sites excluding steroid dienone is 4. The van der Waals surface area contributed by atoms with E-state index in [1.54, 1.807) is 0 Å². The predicted molar refractivity (Wildman–Crippen MR) is 128 cm³/mol. The third kappa shape index (κ3) is 3.93. The van der Waals surface area contributed by atoms with Crippen molar-refractivity contribution >= 4 is 16.6 Å². The maximum atomic E-state index is 6.62. The van der Waals surface area contributed by atoms with Crippen LogP contribution in [0, 0.1) is 34.5 Å². The van der Waals surface area contributed by atoms with Crippen molar-refractivity contribution < 1.29 is 8.85 Å². The molecule has 0 heterocycles. The lowest BCUT2D eigenvalue weighted by Crippen LogP contribution is -2.52. The summed E-state index contributed by atoms with van der Waals surface area (Å²) in [6, 6.07) is 0. The van der Waals surface area contributed by atoms with Gasteiger partial charge in [0.2, 0.25) is 16.6 Å². The van der Waals surface area contributed by atoms with Gasteiger partial charge in [-0.3, -0.25) is 0 Å². The zero-order chi connectivity index (χ0) is 21.2. The van der Waals surface area contributed by atoms with Crippen molar-refractivity contribution in [3.8, 4) is 0 Å². The molecule has 4 heteroatoms. The van der Waals surface area contributed by atoms with E-state index in [2.05, 4.69) is 65.3 Å². The smallest absolute Gasteiger partial charge is 0.241 e. The Bertz CT molecular complexity index is 713. The summed E-state index contributed by atoms with van der Waals surface area (Å²) in [4.78, 5) is 0. The van der Waals surface area contributed by atoms with Gasteiger partial charge in [-0.1, -0.05) is 13.8 Å². The van der Waals surface area contributed by atoms with Gasteiger partial charge < -0.3 is 8.85 Å². The van der Waals surface area contributed by atoms with Crippen LogP contribution in [0.2, 0.25) is 39.3 Å². The van der Waals surface area contributed by atoms with Crippen LogP contribution in [0.15, 0.2) is 23.7 Å². The van der Waals surface area contributed by atoms with Crippen molar-refractivity contribution in [2.75, 3.05) is 0 Å². The molecular weight excluding hydrogens is 388 g/mol. The summed E-state index contributed by atoms with van der Waals surface area (Å²) in [5.41, 5.74) is 0.764. The normalized spacial score (nSPS) is 42.2. The molecule has 0 N–H and O–H groups in total. The fourth-order valence-electron chi connectivity index (χ4n) is 7.32. The largest absolute Gasteiger partial charge is 0.548 e. The predicted octanol–water partition coefficient (Wildman–Crippen LogP) is 7.72. The van der Waals surface area contributed by atoms with E-state index in [0.29, 0.717) is 10.8 Å². The molecule has 0 radical (unpaired) electrons. The fraction of sp³-hybridized carbons (Fsp3) is 0.840. The molecule has 164 valence electrons. The van der Waals surface area contributed by atoms with E-state index >= 15 is 0 Å². The van der Waals surface area contributed by atoms with E-state index < -0.39 is 16.6 Å². The molecule has 0 aromatic heterocycles. The number of fused-ring (bicyclic) bond motifs is 5. The molecule has 0 bridgehead atoms. The van der Waals surface area contributed by atoms with Crippen molar-refractivity contribution in [2.45, 2.75) is 98.1 Å². The molecule has 0 spiro atoms. The zero-order valence-corrected chi connectivity index (χ0v) is 22.2. The Morgan fingerprint density at radius 2 is 1.55 bits per heavy atom. The van der Waals surface area contributed by atoms with Crippen LogP contribution in [-0.2, 0) is 8.85 Å². The van der Waals surface area contributed by atoms with Gasteiger partial charge in [0.05, 0.1) is 11.5 Å². The van der Waals surface area contributed by atoms with Gasteiger partial charge in [-0.05, 0) is 119 Å². The molecule has 2 fully saturated rings. The van der Waals surface area contributed by atoms with E-state index in [1.807, 2.05) is 0 Å². The minimum atomic E-state index is -1.55. The van der Waals surface area contributed by atoms with E-state index in [0.717, 1.165) is 30.1 Å². The Morgan fingerprint density at radius 1 is 0.862 bits per heavy atom. The van der Waals surface area contributed by atoms with Crippen molar-refractivity contribution in [3.05, 3.63) is 23.7 Å². The first-order chi connectivity index (χ1) is 13.3. The molecule has 0 aromatic carbocycles. The van der Waals surface area contributed by atoms with Crippen molar-refractivity contribution in [1.82, 2.24) is 0 Å². The molecule has 0 amide bonds. The summed E-state index contributed by atoms with van der Waals surface area (Å²) in [5.74, 6) is 5.96. The van der Waals surface area contributed by atoms with Gasteiger partial charge in [0.25, 0.3) is 0 Å². The van der Waals surface area contributed by atoms with E-state index in [4.69, 9.17) is 8.85 Å². The van der Waals surface area contributed by atoms with Crippen molar-refractivity contribution in [3.63, 3.8) is 0 Å². The first-order valence-corrected chi connectivity index (χ1v) is 18.9. The monoisotopic (exact) mass is 432 g/mol. The maximum absolute atomic E-state index is 6.62. The lowest BCUT2D eigenvalue weighted by Gasteiger charge is -2.59. The van der Waals surface area contributed by atoms with Crippen LogP contribution >= 0.6 is 0 Å². The Labute approximate surface area is 181 Å². The van der Waals surface area contributed by atoms with E-state index in [-0.39, 0.29) is 0 Å². The number of hydrogen-bond donors (Lipinski definition) is 0. The first kappa shape index (κ1) is 21.7. The average molecular weight is 433 g/mol. The molecule has 0 aromatic rings. The van der Waals surface area contributed by atoms with Crippen LogP contribution in [0.25, 0.3) is 0 Å². The summed E-state index contributed by atoms with van der Waals surface area (Å²) >= 11 is 0. The van der Waals surface area contributed by atoms with Crippen molar-refractivity contribution in [2.24, 2.45) is 34.5 Å². The molecule has 4 aliphatic rings. The molecule has 0 aliphatic heterocycles. The third-order valence-corrected chi connectivity index (χ3v) is 10.3. The maximum Gasteiger partial charge on any atom is 0.241 e. The average Bonchev–Trinajstić information content (AvgIpc) is 2.89. The molecule has 3 unspecified atom stereocenters. The minimum absolute atomic E-state index is 0.293. The minimum Gasteiger partial charge on any atom is -0.548 e. The SMILES string of the molecule is C[C@]12CCC3C(CC[C@@H]4C=C(O[Si](C)(C)C)CC[C@]34C)C1CC=C2O[Si](C)(C)C. The van der Waals surface area contributed by atoms with Crippen LogP contribution in [0.1, 0.15) is 58.8 Å². The lowest BCUT2D eigenvalue weighted by molar-refractivity contribution is -0.0844. The molecule has 6 atom stereocenters. The number of rotatable bonds is 4. The van der Waals surface area contributed by atoms with Crippen LogP contribution in [0.3, 0.4) is 0 Å². The summed E-state index contributed by atoms with van der Waals surface area (Å²) in [6.45, 7) is 19.1. The van der Waals surface area contributed by atoms with Gasteiger partial charge in [0.1, 0.15) is 0 Å². The quantitative estimate of drug-likeness (QED) is 0.423. The summed E-state index contributed by atoms with van der Waals surface area (Å²) in [5, 5.41) is 0. The molecule has 4 aliphatic carbocycles. The topological polar surface area (TPSA) is 18.5 Å². The number of hydrogen-bond acceptors (Lipinski definition) is 2. The first-order valence-electron chi connectivity index (χ1n) is 12.1. The Kier molecular flexibility index (Phi) is 5.26. The zero-order valence-electron chi connectivity index (χ0n) is 20.2. The van der Waals surface area contributed by atoms with Crippen LogP contribution in [-0.4, -0.2) is 16.6 Å². The van der Waals surface area contributed by atoms with Crippen LogP contribution in [0.4, 0.5) is 0 Å². The van der Waals surface area contributed by atoms with Gasteiger partial charge in [0, 0.05) is 11.8 Å². The van der Waals surface area contributed by atoms with E-state index in [9.17, 15) is 0 Å². The second kappa shape index (κ2) is 7.01. The highest BCUT2D eigenvalue weighted by Crippen LogP contribution is 2.66. The van der Waals surface area contributed by atoms with E-state index in [1.165, 1.54) is 50.0 Å². The van der Waals surface area contributed by atoms with Gasteiger partial charge in [-0.15, -0.1) is 0 Å². The summed E-state index contributed by atoms with van der Waals surface area (Å²) in [6.07, 6.45) is 14.2. The van der Waals surface area contributed by atoms with Gasteiger partial charge in [-0.25, -0.2) is 0 Å². The summed E-state index contributed by atoms with van der Waals surface area (Å²) in [7, 11) is -3.05. The highest BCUT2D eigenvalue weighted by atomic mass is 28.4. The molecule has 2 nitrogen and oxygen atoms in total. The second-order valence-corrected chi connectivity index (χ2v) is 21.7. The molecule has 29 heavy (non-hydrogen) atoms. The van der Waals surface area contributed by atoms with Crippen molar-refractivity contribution in [1.29, 1.82) is 0 Å².